The molecule has 0 bridgehead atoms. The van der Waals surface area contributed by atoms with Gasteiger partial charge in [0.15, 0.2) is 17.2 Å². The molecule has 0 radical (unpaired) electrons. The fraction of sp³-hybridized carbons (Fsp3) is 0.333. The third-order valence-corrected chi connectivity index (χ3v) is 7.87. The van der Waals surface area contributed by atoms with E-state index in [1.165, 1.54) is 0 Å². The van der Waals surface area contributed by atoms with Crippen molar-refractivity contribution in [2.45, 2.75) is 45.1 Å². The number of carbonyl (C=O) groups excluding carboxylic acids is 3. The maximum atomic E-state index is 13.0. The summed E-state index contributed by atoms with van der Waals surface area (Å²) >= 11 is 0. The Morgan fingerprint density at radius 3 is 2.46 bits per heavy atom. The number of amides is 1. The van der Waals surface area contributed by atoms with Gasteiger partial charge in [-0.1, -0.05) is 30.3 Å². The van der Waals surface area contributed by atoms with Crippen molar-refractivity contribution in [2.24, 2.45) is 5.92 Å². The number of carbonyl (C=O) groups is 3. The molecule has 9 nitrogen and oxygen atoms in total. The van der Waals surface area contributed by atoms with E-state index in [1.807, 2.05) is 40.9 Å². The van der Waals surface area contributed by atoms with Gasteiger partial charge in [-0.2, -0.15) is 9.61 Å². The number of hydrogen-bond donors (Lipinski definition) is 1. The second-order valence-electron chi connectivity index (χ2n) is 10.4. The highest BCUT2D eigenvalue weighted by atomic mass is 16.2. The summed E-state index contributed by atoms with van der Waals surface area (Å²) in [5, 5.41) is 7.99. The van der Waals surface area contributed by atoms with E-state index in [1.54, 1.807) is 30.5 Å². The average Bonchev–Trinajstić information content (AvgIpc) is 3.47. The Morgan fingerprint density at radius 2 is 1.77 bits per heavy atom. The highest BCUT2D eigenvalue weighted by Gasteiger charge is 2.38. The first-order valence-electron chi connectivity index (χ1n) is 13.4. The summed E-state index contributed by atoms with van der Waals surface area (Å²) in [6.07, 6.45) is 7.48. The predicted octanol–water partition coefficient (Wildman–Crippen LogP) is 4.23. The lowest BCUT2D eigenvalue weighted by Crippen LogP contribution is -2.38. The van der Waals surface area contributed by atoms with E-state index in [-0.39, 0.29) is 36.2 Å². The number of likely N-dealkylation sites (tertiary alicyclic amines) is 1. The van der Waals surface area contributed by atoms with Gasteiger partial charge >= 0.3 is 0 Å². The van der Waals surface area contributed by atoms with E-state index in [2.05, 4.69) is 21.5 Å². The monoisotopic (exact) mass is 522 g/mol. The molecule has 0 unspecified atom stereocenters. The maximum absolute atomic E-state index is 13.0. The van der Waals surface area contributed by atoms with E-state index >= 15 is 0 Å². The number of pyridine rings is 1. The van der Waals surface area contributed by atoms with Crippen LogP contribution in [0.3, 0.4) is 0 Å². The number of nitrogens with one attached hydrogen (secondary N) is 1. The highest BCUT2D eigenvalue weighted by Crippen LogP contribution is 2.32. The van der Waals surface area contributed by atoms with Crippen LogP contribution in [0.5, 0.6) is 0 Å². The number of Topliss-reactive ketones (excluding diaryl/α,β-unsaturated/α-hetero) is 2. The maximum Gasteiger partial charge on any atom is 0.222 e. The van der Waals surface area contributed by atoms with Gasteiger partial charge in [-0.05, 0) is 37.8 Å². The van der Waals surface area contributed by atoms with Crippen molar-refractivity contribution in [3.05, 3.63) is 89.0 Å². The van der Waals surface area contributed by atoms with Crippen LogP contribution in [0, 0.1) is 12.8 Å². The molecule has 3 aromatic heterocycles. The normalized spacial score (nSPS) is 16.2. The van der Waals surface area contributed by atoms with Crippen LogP contribution in [0.2, 0.25) is 0 Å². The Morgan fingerprint density at radius 1 is 1.03 bits per heavy atom. The molecule has 4 aromatic rings. The zero-order chi connectivity index (χ0) is 26.9. The molecule has 2 aliphatic rings. The summed E-state index contributed by atoms with van der Waals surface area (Å²) in [6, 6.07) is 12.9. The van der Waals surface area contributed by atoms with Gasteiger partial charge < -0.3 is 10.2 Å². The first-order chi connectivity index (χ1) is 19.0. The van der Waals surface area contributed by atoms with Crippen molar-refractivity contribution in [2.75, 3.05) is 18.4 Å². The number of rotatable bonds is 7. The summed E-state index contributed by atoms with van der Waals surface area (Å²) in [7, 11) is 0. The van der Waals surface area contributed by atoms with E-state index < -0.39 is 5.92 Å². The number of benzene rings is 1. The molecular formula is C30H30N6O3. The third-order valence-electron chi connectivity index (χ3n) is 7.87. The molecule has 39 heavy (non-hydrogen) atoms. The van der Waals surface area contributed by atoms with E-state index in [4.69, 9.17) is 4.98 Å². The summed E-state index contributed by atoms with van der Waals surface area (Å²) < 4.78 is 1.83. The molecule has 1 saturated heterocycles. The molecular weight excluding hydrogens is 492 g/mol. The van der Waals surface area contributed by atoms with Gasteiger partial charge in [0.25, 0.3) is 0 Å². The molecule has 4 heterocycles. The van der Waals surface area contributed by atoms with Gasteiger partial charge in [-0.3, -0.25) is 19.4 Å². The minimum atomic E-state index is -0.740. The molecule has 1 aromatic carbocycles. The summed E-state index contributed by atoms with van der Waals surface area (Å²) in [5.74, 6) is 0.0330. The molecule has 1 N–H and O–H groups in total. The largest absolute Gasteiger partial charge is 0.366 e. The average molecular weight is 523 g/mol. The Balaban J connectivity index is 1.09. The molecule has 1 aliphatic heterocycles. The summed E-state index contributed by atoms with van der Waals surface area (Å²) in [4.78, 5) is 49.4. The van der Waals surface area contributed by atoms with Crippen LogP contribution in [0.1, 0.15) is 69.1 Å². The van der Waals surface area contributed by atoms with E-state index in [0.29, 0.717) is 30.8 Å². The second kappa shape index (κ2) is 10.4. The first kappa shape index (κ1) is 24.9. The smallest absolute Gasteiger partial charge is 0.222 e. The van der Waals surface area contributed by atoms with Crippen LogP contribution in [-0.2, 0) is 11.3 Å². The lowest BCUT2D eigenvalue weighted by Gasteiger charge is -2.32. The van der Waals surface area contributed by atoms with Crippen molar-refractivity contribution in [3.8, 4) is 0 Å². The van der Waals surface area contributed by atoms with Crippen LogP contribution < -0.4 is 5.32 Å². The third kappa shape index (κ3) is 4.80. The Labute approximate surface area is 226 Å². The van der Waals surface area contributed by atoms with Gasteiger partial charge in [-0.15, -0.1) is 0 Å². The number of nitrogens with zero attached hydrogens (tertiary/aromatic N) is 5. The number of aryl methyl sites for hydroxylation is 1. The zero-order valence-corrected chi connectivity index (χ0v) is 21.8. The molecule has 0 saturated carbocycles. The fourth-order valence-corrected chi connectivity index (χ4v) is 5.64. The molecule has 9 heteroatoms. The van der Waals surface area contributed by atoms with Crippen molar-refractivity contribution in [1.29, 1.82) is 0 Å². The topological polar surface area (TPSA) is 110 Å². The molecule has 198 valence electrons. The first-order valence-corrected chi connectivity index (χ1v) is 13.4. The lowest BCUT2D eigenvalue weighted by molar-refractivity contribution is -0.132. The molecule has 1 aliphatic carbocycles. The minimum absolute atomic E-state index is 0.00104. The number of ketones is 2. The molecule has 1 fully saturated rings. The Bertz CT molecular complexity index is 1520. The summed E-state index contributed by atoms with van der Waals surface area (Å²) in [6.45, 7) is 3.87. The van der Waals surface area contributed by atoms with Gasteiger partial charge in [0.1, 0.15) is 5.82 Å². The van der Waals surface area contributed by atoms with Gasteiger partial charge in [0, 0.05) is 72.8 Å². The standard InChI is InChI=1S/C30H30N6O3/c1-19-16-33-36-26(32-18-20-5-4-12-31-17-20)15-25(34-30(19)36)21-10-13-35(14-11-21)27(37)9-8-24-28(38)22-6-2-3-7-23(22)29(24)39/h2-7,12,15-17,21,24,32H,8-11,13-14,18H2,1H3. The summed E-state index contributed by atoms with van der Waals surface area (Å²) in [5.41, 5.74) is 4.86. The van der Waals surface area contributed by atoms with Crippen LogP contribution >= 0.6 is 0 Å². The van der Waals surface area contributed by atoms with Gasteiger partial charge in [0.2, 0.25) is 5.91 Å². The molecule has 1 amide bonds. The minimum Gasteiger partial charge on any atom is -0.366 e. The quantitative estimate of drug-likeness (QED) is 0.362. The van der Waals surface area contributed by atoms with E-state index in [9.17, 15) is 14.4 Å². The number of piperidine rings is 1. The van der Waals surface area contributed by atoms with Gasteiger partial charge in [-0.25, -0.2) is 4.98 Å². The lowest BCUT2D eigenvalue weighted by atomic mass is 9.92. The Hall–Kier alpha value is -4.40. The second-order valence-corrected chi connectivity index (χ2v) is 10.4. The Kier molecular flexibility index (Phi) is 6.64. The van der Waals surface area contributed by atoms with Crippen LogP contribution in [0.25, 0.3) is 5.65 Å². The van der Waals surface area contributed by atoms with Crippen molar-refractivity contribution >= 4 is 28.9 Å². The molecule has 0 spiro atoms. The number of anilines is 1. The van der Waals surface area contributed by atoms with E-state index in [0.717, 1.165) is 41.1 Å². The number of hydrogen-bond acceptors (Lipinski definition) is 7. The SMILES string of the molecule is Cc1cnn2c(NCc3cccnc3)cc(C3CCN(C(=O)CCC4C(=O)c5ccccc5C4=O)CC3)nc12. The van der Waals surface area contributed by atoms with Crippen molar-refractivity contribution < 1.29 is 14.4 Å². The predicted molar refractivity (Wildman–Crippen MR) is 146 cm³/mol. The number of fused-ring (bicyclic) bond motifs is 2. The highest BCUT2D eigenvalue weighted by molar-refractivity contribution is 6.26. The zero-order valence-electron chi connectivity index (χ0n) is 21.8. The van der Waals surface area contributed by atoms with Gasteiger partial charge in [0.05, 0.1) is 12.1 Å². The number of aromatic nitrogens is 4. The molecule has 0 atom stereocenters. The van der Waals surface area contributed by atoms with Crippen LogP contribution in [-0.4, -0.2) is 55.0 Å². The van der Waals surface area contributed by atoms with Crippen LogP contribution in [0.15, 0.2) is 61.1 Å². The van der Waals surface area contributed by atoms with Crippen LogP contribution in [0.4, 0.5) is 5.82 Å². The van der Waals surface area contributed by atoms with Crippen molar-refractivity contribution in [1.82, 2.24) is 24.5 Å². The van der Waals surface area contributed by atoms with Crippen molar-refractivity contribution in [3.63, 3.8) is 0 Å². The molecule has 6 rings (SSSR count). The fourth-order valence-electron chi connectivity index (χ4n) is 5.64.